The van der Waals surface area contributed by atoms with Gasteiger partial charge in [-0.1, -0.05) is 30.3 Å². The van der Waals surface area contributed by atoms with Crippen molar-refractivity contribution in [2.75, 3.05) is 32.8 Å². The highest BCUT2D eigenvalue weighted by molar-refractivity contribution is 5.81. The summed E-state index contributed by atoms with van der Waals surface area (Å²) in [7, 11) is 3.13. The van der Waals surface area contributed by atoms with Crippen molar-refractivity contribution in [3.63, 3.8) is 0 Å². The predicted octanol–water partition coefficient (Wildman–Crippen LogP) is 2.51. The van der Waals surface area contributed by atoms with Gasteiger partial charge in [0.25, 0.3) is 0 Å². The Bertz CT molecular complexity index is 1500. The highest BCUT2D eigenvalue weighted by atomic mass is 16.5. The average molecular weight is 538 g/mol. The summed E-state index contributed by atoms with van der Waals surface area (Å²) in [4.78, 5) is 24.9. The topological polar surface area (TPSA) is 148 Å². The van der Waals surface area contributed by atoms with E-state index < -0.39 is 24.2 Å². The van der Waals surface area contributed by atoms with E-state index >= 15 is 0 Å². The third kappa shape index (κ3) is 6.51. The minimum absolute atomic E-state index is 0.0651. The zero-order valence-corrected chi connectivity index (χ0v) is 21.9. The van der Waals surface area contributed by atoms with Crippen LogP contribution in [0.4, 0.5) is 5.69 Å². The Balaban J connectivity index is 1.52. The lowest BCUT2D eigenvalue weighted by Gasteiger charge is -2.19. The third-order valence-corrected chi connectivity index (χ3v) is 6.24. The van der Waals surface area contributed by atoms with E-state index in [0.29, 0.717) is 23.8 Å². The molecule has 11 heteroatoms. The molecule has 206 valence electrons. The summed E-state index contributed by atoms with van der Waals surface area (Å²) < 4.78 is 22.7. The van der Waals surface area contributed by atoms with E-state index in [4.69, 9.17) is 23.8 Å². The number of rotatable bonds is 12. The van der Waals surface area contributed by atoms with Crippen molar-refractivity contribution >= 4 is 5.69 Å². The van der Waals surface area contributed by atoms with Crippen LogP contribution in [0.25, 0.3) is 11.1 Å². The number of aliphatic hydroxyl groups is 2. The van der Waals surface area contributed by atoms with E-state index in [1.165, 1.54) is 0 Å². The largest absolute Gasteiger partial charge is 0.496 e. The molecule has 4 rings (SSSR count). The van der Waals surface area contributed by atoms with Crippen LogP contribution < -0.4 is 31.0 Å². The maximum Gasteiger partial charge on any atom is 0.440 e. The fourth-order valence-corrected chi connectivity index (χ4v) is 4.14. The van der Waals surface area contributed by atoms with E-state index in [1.807, 2.05) is 49.4 Å². The Hall–Kier alpha value is -4.48. The van der Waals surface area contributed by atoms with Crippen LogP contribution in [-0.4, -0.2) is 53.5 Å². The standard InChI is InChI=1S/C28H31N3O8/c1-17-19(13-29-20-9-7-18(8-10-20)14-31-27(34)30-28(35)39-31)5-4-6-23(17)26-24(36-2)11-22(12-25(26)37-3)38-16-21(33)15-32/h4-12,21,29,32-33H,13-16H2,1-3H3,(H,30,34,35)/t21-/m1/s1. The summed E-state index contributed by atoms with van der Waals surface area (Å²) >= 11 is 0. The van der Waals surface area contributed by atoms with Crippen LogP contribution in [0.3, 0.4) is 0 Å². The van der Waals surface area contributed by atoms with Crippen molar-refractivity contribution in [3.8, 4) is 28.4 Å². The zero-order valence-electron chi connectivity index (χ0n) is 21.9. The van der Waals surface area contributed by atoms with Crippen molar-refractivity contribution in [2.24, 2.45) is 0 Å². The molecule has 0 saturated heterocycles. The van der Waals surface area contributed by atoms with Gasteiger partial charge in [0.1, 0.15) is 30.0 Å². The Morgan fingerprint density at radius 2 is 1.74 bits per heavy atom. The second-order valence-electron chi connectivity index (χ2n) is 8.84. The van der Waals surface area contributed by atoms with Crippen LogP contribution in [-0.2, 0) is 13.1 Å². The van der Waals surface area contributed by atoms with Crippen molar-refractivity contribution in [1.82, 2.24) is 9.72 Å². The smallest absolute Gasteiger partial charge is 0.440 e. The lowest BCUT2D eigenvalue weighted by molar-refractivity contribution is 0.0535. The Kier molecular flexibility index (Phi) is 8.74. The van der Waals surface area contributed by atoms with Crippen LogP contribution >= 0.6 is 0 Å². The fourth-order valence-electron chi connectivity index (χ4n) is 4.14. The molecular weight excluding hydrogens is 506 g/mol. The van der Waals surface area contributed by atoms with Gasteiger partial charge in [0, 0.05) is 24.4 Å². The number of nitrogens with one attached hydrogen (secondary N) is 2. The number of aliphatic hydroxyl groups excluding tert-OH is 2. The van der Waals surface area contributed by atoms with Crippen LogP contribution in [0, 0.1) is 6.92 Å². The van der Waals surface area contributed by atoms with E-state index in [9.17, 15) is 14.7 Å². The summed E-state index contributed by atoms with van der Waals surface area (Å²) in [5.41, 5.74) is 4.89. The fraction of sp³-hybridized carbons (Fsp3) is 0.286. The molecule has 0 unspecified atom stereocenters. The van der Waals surface area contributed by atoms with Crippen LogP contribution in [0.15, 0.2) is 68.7 Å². The first-order valence-corrected chi connectivity index (χ1v) is 12.2. The van der Waals surface area contributed by atoms with Crippen molar-refractivity contribution < 1.29 is 28.9 Å². The molecular formula is C28H31N3O8. The van der Waals surface area contributed by atoms with Crippen molar-refractivity contribution in [2.45, 2.75) is 26.1 Å². The molecule has 1 aromatic heterocycles. The lowest BCUT2D eigenvalue weighted by atomic mass is 9.94. The van der Waals surface area contributed by atoms with Gasteiger partial charge in [0.2, 0.25) is 0 Å². The normalized spacial score (nSPS) is 11.7. The Morgan fingerprint density at radius 3 is 2.33 bits per heavy atom. The molecule has 0 bridgehead atoms. The van der Waals surface area contributed by atoms with Gasteiger partial charge in [0.15, 0.2) is 0 Å². The zero-order chi connectivity index (χ0) is 27.9. The van der Waals surface area contributed by atoms with Gasteiger partial charge >= 0.3 is 11.4 Å². The monoisotopic (exact) mass is 537 g/mol. The van der Waals surface area contributed by atoms with E-state index in [2.05, 4.69) is 10.3 Å². The molecule has 0 fully saturated rings. The summed E-state index contributed by atoms with van der Waals surface area (Å²) in [6, 6.07) is 16.9. The number of anilines is 1. The molecule has 0 radical (unpaired) electrons. The van der Waals surface area contributed by atoms with Crippen LogP contribution in [0.5, 0.6) is 17.2 Å². The highest BCUT2D eigenvalue weighted by Gasteiger charge is 2.19. The summed E-state index contributed by atoms with van der Waals surface area (Å²) in [5, 5.41) is 22.1. The number of aromatic nitrogens is 2. The van der Waals surface area contributed by atoms with Crippen molar-refractivity contribution in [3.05, 3.63) is 92.3 Å². The van der Waals surface area contributed by atoms with E-state index in [-0.39, 0.29) is 13.2 Å². The first-order valence-electron chi connectivity index (χ1n) is 12.2. The predicted molar refractivity (Wildman–Crippen MR) is 145 cm³/mol. The number of ether oxygens (including phenoxy) is 3. The van der Waals surface area contributed by atoms with Gasteiger partial charge in [-0.2, -0.15) is 0 Å². The summed E-state index contributed by atoms with van der Waals surface area (Å²) in [5.74, 6) is 0.753. The van der Waals surface area contributed by atoms with Gasteiger partial charge in [-0.05, 0) is 41.3 Å². The van der Waals surface area contributed by atoms with Crippen LogP contribution in [0.2, 0.25) is 0 Å². The van der Waals surface area contributed by atoms with Gasteiger partial charge in [-0.25, -0.2) is 14.6 Å². The molecule has 11 nitrogen and oxygen atoms in total. The average Bonchev–Trinajstić information content (AvgIpc) is 3.27. The number of aromatic amines is 1. The molecule has 0 saturated carbocycles. The minimum atomic E-state index is -0.990. The maximum atomic E-state index is 11.7. The quantitative estimate of drug-likeness (QED) is 0.214. The maximum absolute atomic E-state index is 11.7. The van der Waals surface area contributed by atoms with Crippen LogP contribution in [0.1, 0.15) is 16.7 Å². The Labute approximate surface area is 224 Å². The number of H-pyrrole nitrogens is 1. The second-order valence-corrected chi connectivity index (χ2v) is 8.84. The molecule has 0 spiro atoms. The van der Waals surface area contributed by atoms with Gasteiger partial charge in [0.05, 0.1) is 32.9 Å². The first kappa shape index (κ1) is 27.6. The Morgan fingerprint density at radius 1 is 1.05 bits per heavy atom. The number of hydrogen-bond donors (Lipinski definition) is 4. The molecule has 39 heavy (non-hydrogen) atoms. The molecule has 1 atom stereocenters. The number of hydrogen-bond acceptors (Lipinski definition) is 9. The van der Waals surface area contributed by atoms with E-state index in [0.717, 1.165) is 38.2 Å². The molecule has 0 aliphatic rings. The summed E-state index contributed by atoms with van der Waals surface area (Å²) in [6.45, 7) is 2.26. The van der Waals surface area contributed by atoms with E-state index in [1.54, 1.807) is 26.4 Å². The lowest BCUT2D eigenvalue weighted by Crippen LogP contribution is -2.21. The molecule has 4 N–H and O–H groups in total. The highest BCUT2D eigenvalue weighted by Crippen LogP contribution is 2.43. The van der Waals surface area contributed by atoms with Crippen molar-refractivity contribution in [1.29, 1.82) is 0 Å². The summed E-state index contributed by atoms with van der Waals surface area (Å²) in [6.07, 6.45) is -0.990. The molecule has 4 aromatic rings. The van der Waals surface area contributed by atoms with Gasteiger partial charge in [-0.3, -0.25) is 0 Å². The minimum Gasteiger partial charge on any atom is -0.496 e. The van der Waals surface area contributed by atoms with Gasteiger partial charge in [-0.15, -0.1) is 4.74 Å². The molecule has 0 aliphatic heterocycles. The molecule has 3 aromatic carbocycles. The number of benzene rings is 3. The SMILES string of the molecule is COc1cc(OC[C@H](O)CO)cc(OC)c1-c1cccc(CNc2ccc(Cn3oc(=O)[nH]c3=O)cc2)c1C. The molecule has 0 amide bonds. The number of methoxy groups -OCH3 is 2. The number of nitrogens with zero attached hydrogens (tertiary/aromatic N) is 1. The third-order valence-electron chi connectivity index (χ3n) is 6.24. The molecule has 0 aliphatic carbocycles. The van der Waals surface area contributed by atoms with Gasteiger partial charge < -0.3 is 34.3 Å². The second kappa shape index (κ2) is 12.4. The molecule has 1 heterocycles. The first-order chi connectivity index (χ1) is 18.8.